The van der Waals surface area contributed by atoms with Crippen LogP contribution in [0.2, 0.25) is 0 Å². The zero-order valence-corrected chi connectivity index (χ0v) is 17.9. The number of rotatable bonds is 9. The lowest BCUT2D eigenvalue weighted by Gasteiger charge is -2.18. The first-order chi connectivity index (χ1) is 16.2. The molecule has 0 saturated heterocycles. The third-order valence-electron chi connectivity index (χ3n) is 5.38. The number of imidazole rings is 1. The highest BCUT2D eigenvalue weighted by atomic mass is 16.4. The molecule has 1 atom stereocenters. The molecule has 1 unspecified atom stereocenters. The molecular formula is C25H23N5O3. The van der Waals surface area contributed by atoms with Crippen LogP contribution >= 0.6 is 0 Å². The molecule has 5 rings (SSSR count). The van der Waals surface area contributed by atoms with Crippen molar-refractivity contribution in [2.24, 2.45) is 0 Å². The zero-order valence-electron chi connectivity index (χ0n) is 17.9. The monoisotopic (exact) mass is 441 g/mol. The molecule has 0 saturated carbocycles. The Morgan fingerprint density at radius 1 is 1.00 bits per heavy atom. The minimum Gasteiger partial charge on any atom is -0.451 e. The second-order valence-corrected chi connectivity index (χ2v) is 7.88. The van der Waals surface area contributed by atoms with Gasteiger partial charge in [-0.25, -0.2) is 4.98 Å². The molecule has 0 bridgehead atoms. The maximum absolute atomic E-state index is 12.7. The average Bonchev–Trinajstić information content (AvgIpc) is 3.58. The number of carbonyl (C=O) groups is 1. The summed E-state index contributed by atoms with van der Waals surface area (Å²) in [6.45, 7) is 0. The number of para-hydroxylation sites is 1. The summed E-state index contributed by atoms with van der Waals surface area (Å²) in [6.07, 6.45) is 5.41. The molecule has 5 aromatic rings. The number of nitrogens with one attached hydrogen (secondary N) is 2. The van der Waals surface area contributed by atoms with E-state index in [0.29, 0.717) is 30.4 Å². The van der Waals surface area contributed by atoms with E-state index in [1.54, 1.807) is 12.5 Å². The van der Waals surface area contributed by atoms with Crippen LogP contribution in [-0.4, -0.2) is 32.1 Å². The smallest absolute Gasteiger partial charge is 0.283 e. The first kappa shape index (κ1) is 20.7. The Balaban J connectivity index is 1.20. The number of H-pyrrole nitrogens is 1. The number of furan rings is 1. The second kappa shape index (κ2) is 9.52. The fourth-order valence-electron chi connectivity index (χ4n) is 3.80. The van der Waals surface area contributed by atoms with Crippen LogP contribution in [0.3, 0.4) is 0 Å². The molecule has 3 aromatic heterocycles. The number of amides is 1. The van der Waals surface area contributed by atoms with Crippen molar-refractivity contribution in [2.75, 3.05) is 0 Å². The second-order valence-electron chi connectivity index (χ2n) is 7.88. The van der Waals surface area contributed by atoms with Crippen molar-refractivity contribution in [3.8, 4) is 11.7 Å². The third-order valence-corrected chi connectivity index (χ3v) is 5.38. The molecule has 0 spiro atoms. The van der Waals surface area contributed by atoms with Crippen molar-refractivity contribution < 1.29 is 13.6 Å². The summed E-state index contributed by atoms with van der Waals surface area (Å²) in [7, 11) is 0. The van der Waals surface area contributed by atoms with Crippen LogP contribution < -0.4 is 5.32 Å². The average molecular weight is 441 g/mol. The predicted molar refractivity (Wildman–Crippen MR) is 122 cm³/mol. The molecule has 1 amide bonds. The van der Waals surface area contributed by atoms with E-state index in [4.69, 9.17) is 8.83 Å². The normalized spacial score (nSPS) is 12.1. The van der Waals surface area contributed by atoms with Crippen LogP contribution in [0.5, 0.6) is 0 Å². The minimum absolute atomic E-state index is 0.0610. The number of carbonyl (C=O) groups excluding carboxylic acids is 1. The summed E-state index contributed by atoms with van der Waals surface area (Å²) >= 11 is 0. The molecule has 0 aliphatic rings. The number of aryl methyl sites for hydroxylation is 1. The van der Waals surface area contributed by atoms with Crippen LogP contribution in [0, 0.1) is 0 Å². The maximum atomic E-state index is 12.7. The Bertz CT molecular complexity index is 1290. The molecule has 8 heteroatoms. The highest BCUT2D eigenvalue weighted by molar-refractivity contribution is 5.81. The van der Waals surface area contributed by atoms with E-state index in [2.05, 4.69) is 37.6 Å². The van der Waals surface area contributed by atoms with Crippen LogP contribution in [0.1, 0.15) is 23.6 Å². The van der Waals surface area contributed by atoms with E-state index < -0.39 is 0 Å². The van der Waals surface area contributed by atoms with Crippen LogP contribution in [0.25, 0.3) is 22.6 Å². The highest BCUT2D eigenvalue weighted by Gasteiger charge is 2.17. The van der Waals surface area contributed by atoms with Crippen LogP contribution in [-0.2, 0) is 24.1 Å². The van der Waals surface area contributed by atoms with Gasteiger partial charge >= 0.3 is 0 Å². The van der Waals surface area contributed by atoms with Crippen LogP contribution in [0.15, 0.2) is 82.0 Å². The van der Waals surface area contributed by atoms with Gasteiger partial charge in [0.15, 0.2) is 5.76 Å². The standard InChI is InChI=1S/C25H23N5O3/c31-23(28-19(14-20-15-26-16-27-20)12-17-6-2-1-3-7-17)10-11-24-29-30-25(33-24)22-13-18-8-4-5-9-21(18)32-22/h1-9,13,15-16,19H,10-12,14H2,(H,26,27)(H,28,31). The van der Waals surface area contributed by atoms with Gasteiger partial charge in [-0.1, -0.05) is 48.5 Å². The molecule has 2 N–H and O–H groups in total. The Kier molecular flexibility index (Phi) is 5.97. The molecule has 0 radical (unpaired) electrons. The van der Waals surface area contributed by atoms with Crippen LogP contribution in [0.4, 0.5) is 0 Å². The SMILES string of the molecule is O=C(CCc1nnc(-c2cc3ccccc3o2)o1)NC(Cc1ccccc1)Cc1cnc[nH]1. The first-order valence-corrected chi connectivity index (χ1v) is 10.8. The van der Waals surface area contributed by atoms with Gasteiger partial charge in [0.1, 0.15) is 5.58 Å². The van der Waals surface area contributed by atoms with Crippen molar-refractivity contribution in [3.05, 3.63) is 90.3 Å². The van der Waals surface area contributed by atoms with Gasteiger partial charge in [-0.2, -0.15) is 0 Å². The molecular weight excluding hydrogens is 418 g/mol. The topological polar surface area (TPSA) is 110 Å². The zero-order chi connectivity index (χ0) is 22.5. The number of aromatic amines is 1. The Morgan fingerprint density at radius 2 is 1.85 bits per heavy atom. The molecule has 3 heterocycles. The van der Waals surface area contributed by atoms with Crippen molar-refractivity contribution in [1.29, 1.82) is 0 Å². The van der Waals surface area contributed by atoms with Gasteiger partial charge in [0.25, 0.3) is 5.89 Å². The van der Waals surface area contributed by atoms with Gasteiger partial charge in [0.05, 0.1) is 6.33 Å². The predicted octanol–water partition coefficient (Wildman–Crippen LogP) is 4.11. The summed E-state index contributed by atoms with van der Waals surface area (Å²) in [6, 6.07) is 19.6. The van der Waals surface area contributed by atoms with E-state index in [9.17, 15) is 4.79 Å². The number of benzene rings is 2. The van der Waals surface area contributed by atoms with Crippen molar-refractivity contribution in [3.63, 3.8) is 0 Å². The molecule has 0 aliphatic heterocycles. The molecule has 0 fully saturated rings. The lowest BCUT2D eigenvalue weighted by atomic mass is 10.0. The van der Waals surface area contributed by atoms with Gasteiger partial charge in [0.2, 0.25) is 11.8 Å². The van der Waals surface area contributed by atoms with Gasteiger partial charge in [-0.3, -0.25) is 4.79 Å². The summed E-state index contributed by atoms with van der Waals surface area (Å²) in [5, 5.41) is 12.2. The largest absolute Gasteiger partial charge is 0.451 e. The van der Waals surface area contributed by atoms with E-state index in [1.165, 1.54) is 0 Å². The Hall–Kier alpha value is -4.20. The summed E-state index contributed by atoms with van der Waals surface area (Å²) < 4.78 is 11.5. The molecule has 2 aromatic carbocycles. The van der Waals surface area contributed by atoms with Crippen molar-refractivity contribution >= 4 is 16.9 Å². The highest BCUT2D eigenvalue weighted by Crippen LogP contribution is 2.26. The first-order valence-electron chi connectivity index (χ1n) is 10.8. The maximum Gasteiger partial charge on any atom is 0.283 e. The van der Waals surface area contributed by atoms with E-state index in [-0.39, 0.29) is 18.4 Å². The molecule has 166 valence electrons. The van der Waals surface area contributed by atoms with Gasteiger partial charge in [0, 0.05) is 42.6 Å². The molecule has 0 aliphatic carbocycles. The van der Waals surface area contributed by atoms with Gasteiger partial charge in [-0.05, 0) is 24.1 Å². The minimum atomic E-state index is -0.0704. The lowest BCUT2D eigenvalue weighted by Crippen LogP contribution is -2.38. The molecule has 8 nitrogen and oxygen atoms in total. The van der Waals surface area contributed by atoms with Crippen molar-refractivity contribution in [1.82, 2.24) is 25.5 Å². The number of aromatic nitrogens is 4. The number of hydrogen-bond acceptors (Lipinski definition) is 6. The fourth-order valence-corrected chi connectivity index (χ4v) is 3.80. The van der Waals surface area contributed by atoms with E-state index in [0.717, 1.165) is 28.6 Å². The van der Waals surface area contributed by atoms with Gasteiger partial charge in [-0.15, -0.1) is 10.2 Å². The van der Waals surface area contributed by atoms with E-state index >= 15 is 0 Å². The number of nitrogens with zero attached hydrogens (tertiary/aromatic N) is 3. The Labute approximate surface area is 190 Å². The summed E-state index contributed by atoms with van der Waals surface area (Å²) in [5.41, 5.74) is 2.90. The lowest BCUT2D eigenvalue weighted by molar-refractivity contribution is -0.121. The van der Waals surface area contributed by atoms with Gasteiger partial charge < -0.3 is 19.1 Å². The third kappa shape index (κ3) is 5.17. The fraction of sp³-hybridized carbons (Fsp3) is 0.200. The quantitative estimate of drug-likeness (QED) is 0.356. The molecule has 33 heavy (non-hydrogen) atoms. The number of fused-ring (bicyclic) bond motifs is 1. The van der Waals surface area contributed by atoms with Crippen molar-refractivity contribution in [2.45, 2.75) is 31.7 Å². The number of hydrogen-bond donors (Lipinski definition) is 2. The Morgan fingerprint density at radius 3 is 2.67 bits per heavy atom. The summed E-state index contributed by atoms with van der Waals surface area (Å²) in [5.74, 6) is 1.15. The van der Waals surface area contributed by atoms with E-state index in [1.807, 2.05) is 48.5 Å². The summed E-state index contributed by atoms with van der Waals surface area (Å²) in [4.78, 5) is 19.9.